The van der Waals surface area contributed by atoms with Crippen LogP contribution in [0, 0.1) is 12.7 Å². The second-order valence-corrected chi connectivity index (χ2v) is 8.59. The monoisotopic (exact) mass is 508 g/mol. The van der Waals surface area contributed by atoms with Crippen molar-refractivity contribution in [1.29, 1.82) is 0 Å². The lowest BCUT2D eigenvalue weighted by Crippen LogP contribution is -2.20. The van der Waals surface area contributed by atoms with Crippen LogP contribution >= 0.6 is 15.9 Å². The van der Waals surface area contributed by atoms with Crippen molar-refractivity contribution in [3.05, 3.63) is 98.3 Å². The maximum absolute atomic E-state index is 14.1. The van der Waals surface area contributed by atoms with Gasteiger partial charge in [-0.2, -0.15) is 9.78 Å². The quantitative estimate of drug-likeness (QED) is 0.338. The molecule has 0 aliphatic rings. The van der Waals surface area contributed by atoms with Gasteiger partial charge in [-0.05, 0) is 43.3 Å². The number of nitrogens with zero attached hydrogens (tertiary/aromatic N) is 4. The molecular weight excluding hydrogens is 487 g/mol. The zero-order valence-corrected chi connectivity index (χ0v) is 20.0. The molecule has 0 N–H and O–H groups in total. The van der Waals surface area contributed by atoms with Crippen LogP contribution in [0.3, 0.4) is 0 Å². The van der Waals surface area contributed by atoms with Crippen LogP contribution in [0.25, 0.3) is 10.9 Å². The Morgan fingerprint density at radius 1 is 1.15 bits per heavy atom. The third kappa shape index (κ3) is 4.96. The highest BCUT2D eigenvalue weighted by atomic mass is 79.9. The number of fused-ring (bicyclic) bond motifs is 1. The molecule has 3 aromatic carbocycles. The second kappa shape index (κ2) is 9.54. The first kappa shape index (κ1) is 22.7. The molecule has 8 heteroatoms. The highest BCUT2D eigenvalue weighted by Gasteiger charge is 2.10. The van der Waals surface area contributed by atoms with Crippen molar-refractivity contribution < 1.29 is 9.13 Å². The summed E-state index contributed by atoms with van der Waals surface area (Å²) in [5.41, 5.74) is 2.36. The average Bonchev–Trinajstić information content (AvgIpc) is 2.79. The Morgan fingerprint density at radius 2 is 1.94 bits per heavy atom. The topological polar surface area (TPSA) is 59.7 Å². The fourth-order valence-corrected chi connectivity index (χ4v) is 3.68. The minimum atomic E-state index is -0.327. The van der Waals surface area contributed by atoms with E-state index < -0.39 is 0 Å². The summed E-state index contributed by atoms with van der Waals surface area (Å²) in [6, 6.07) is 17.5. The SMILES string of the molecule is Cc1nc2ccc(Br)cc2c(=O)n1N=Cc1ccc(N(C)C)cc1OCc1ccccc1F. The summed E-state index contributed by atoms with van der Waals surface area (Å²) in [6.45, 7) is 1.79. The van der Waals surface area contributed by atoms with Crippen molar-refractivity contribution in [1.82, 2.24) is 9.66 Å². The first-order chi connectivity index (χ1) is 15.8. The van der Waals surface area contributed by atoms with Crippen molar-refractivity contribution in [3.63, 3.8) is 0 Å². The molecule has 33 heavy (non-hydrogen) atoms. The van der Waals surface area contributed by atoms with E-state index in [0.29, 0.717) is 33.6 Å². The first-order valence-corrected chi connectivity index (χ1v) is 11.0. The molecule has 6 nitrogen and oxygen atoms in total. The second-order valence-electron chi connectivity index (χ2n) is 7.68. The van der Waals surface area contributed by atoms with Crippen LogP contribution in [0.5, 0.6) is 5.75 Å². The summed E-state index contributed by atoms with van der Waals surface area (Å²) in [7, 11) is 3.84. The molecule has 0 radical (unpaired) electrons. The molecule has 0 fully saturated rings. The van der Waals surface area contributed by atoms with Crippen LogP contribution in [0.15, 0.2) is 75.0 Å². The molecule has 0 saturated carbocycles. The third-order valence-corrected chi connectivity index (χ3v) is 5.63. The lowest BCUT2D eigenvalue weighted by atomic mass is 10.2. The van der Waals surface area contributed by atoms with Crippen LogP contribution in [-0.4, -0.2) is 30.0 Å². The molecule has 0 saturated heterocycles. The number of aryl methyl sites for hydroxylation is 1. The van der Waals surface area contributed by atoms with Crippen molar-refractivity contribution in [2.24, 2.45) is 5.10 Å². The summed E-state index contributed by atoms with van der Waals surface area (Å²) in [5, 5.41) is 4.86. The Hall–Kier alpha value is -3.52. The van der Waals surface area contributed by atoms with Gasteiger partial charge in [-0.3, -0.25) is 4.79 Å². The smallest absolute Gasteiger partial charge is 0.282 e. The number of hydrogen-bond acceptors (Lipinski definition) is 5. The van der Waals surface area contributed by atoms with Gasteiger partial charge in [0.15, 0.2) is 0 Å². The van der Waals surface area contributed by atoms with E-state index in [9.17, 15) is 9.18 Å². The van der Waals surface area contributed by atoms with Gasteiger partial charge < -0.3 is 9.64 Å². The number of ether oxygens (including phenoxy) is 1. The standard InChI is InChI=1S/C25H22BrFN4O2/c1-16-29-23-11-9-19(26)12-21(23)25(32)31(16)28-14-17-8-10-20(30(2)3)13-24(17)33-15-18-6-4-5-7-22(18)27/h4-14H,15H2,1-3H3. The maximum atomic E-state index is 14.1. The maximum Gasteiger partial charge on any atom is 0.282 e. The van der Waals surface area contributed by atoms with Crippen molar-refractivity contribution in [3.8, 4) is 5.75 Å². The Bertz CT molecular complexity index is 1420. The van der Waals surface area contributed by atoms with Crippen LogP contribution < -0.4 is 15.2 Å². The van der Waals surface area contributed by atoms with Crippen molar-refractivity contribution >= 4 is 38.7 Å². The fourth-order valence-electron chi connectivity index (χ4n) is 3.32. The molecule has 1 aromatic heterocycles. The lowest BCUT2D eigenvalue weighted by molar-refractivity contribution is 0.299. The Morgan fingerprint density at radius 3 is 2.70 bits per heavy atom. The van der Waals surface area contributed by atoms with Gasteiger partial charge in [0.25, 0.3) is 5.56 Å². The van der Waals surface area contributed by atoms with Gasteiger partial charge in [-0.1, -0.05) is 34.1 Å². The normalized spacial score (nSPS) is 11.3. The number of rotatable bonds is 6. The van der Waals surface area contributed by atoms with E-state index in [1.807, 2.05) is 43.3 Å². The van der Waals surface area contributed by atoms with E-state index in [-0.39, 0.29) is 18.0 Å². The third-order valence-electron chi connectivity index (χ3n) is 5.14. The number of aromatic nitrogens is 2. The largest absolute Gasteiger partial charge is 0.488 e. The summed E-state index contributed by atoms with van der Waals surface area (Å²) in [5.74, 6) is 0.660. The molecule has 0 atom stereocenters. The molecular formula is C25H22BrFN4O2. The summed E-state index contributed by atoms with van der Waals surface area (Å²) in [4.78, 5) is 19.4. The van der Waals surface area contributed by atoms with Gasteiger partial charge >= 0.3 is 0 Å². The van der Waals surface area contributed by atoms with Gasteiger partial charge in [-0.25, -0.2) is 9.37 Å². The fraction of sp³-hybridized carbons (Fsp3) is 0.160. The van der Waals surface area contributed by atoms with E-state index in [4.69, 9.17) is 4.74 Å². The Balaban J connectivity index is 1.71. The first-order valence-electron chi connectivity index (χ1n) is 10.2. The zero-order chi connectivity index (χ0) is 23.5. The van der Waals surface area contributed by atoms with Crippen LogP contribution in [0.4, 0.5) is 10.1 Å². The Labute approximate surface area is 199 Å². The van der Waals surface area contributed by atoms with E-state index in [1.54, 1.807) is 43.5 Å². The molecule has 0 spiro atoms. The van der Waals surface area contributed by atoms with Crippen LogP contribution in [0.2, 0.25) is 0 Å². The zero-order valence-electron chi connectivity index (χ0n) is 18.4. The van der Waals surface area contributed by atoms with Gasteiger partial charge in [0.2, 0.25) is 0 Å². The lowest BCUT2D eigenvalue weighted by Gasteiger charge is -2.16. The predicted molar refractivity (Wildman–Crippen MR) is 133 cm³/mol. The summed E-state index contributed by atoms with van der Waals surface area (Å²) < 4.78 is 22.1. The van der Waals surface area contributed by atoms with E-state index in [2.05, 4.69) is 26.0 Å². The summed E-state index contributed by atoms with van der Waals surface area (Å²) >= 11 is 3.39. The van der Waals surface area contributed by atoms with Crippen LogP contribution in [-0.2, 0) is 6.61 Å². The molecule has 0 unspecified atom stereocenters. The average molecular weight is 509 g/mol. The molecule has 168 valence electrons. The minimum Gasteiger partial charge on any atom is -0.488 e. The highest BCUT2D eigenvalue weighted by Crippen LogP contribution is 2.25. The molecule has 0 bridgehead atoms. The van der Waals surface area contributed by atoms with Gasteiger partial charge in [0, 0.05) is 41.4 Å². The van der Waals surface area contributed by atoms with Gasteiger partial charge in [0.05, 0.1) is 17.1 Å². The van der Waals surface area contributed by atoms with E-state index in [1.165, 1.54) is 10.7 Å². The molecule has 0 aliphatic carbocycles. The Kier molecular flexibility index (Phi) is 6.55. The predicted octanol–water partition coefficient (Wildman–Crippen LogP) is 5.13. The molecule has 0 amide bonds. The minimum absolute atomic E-state index is 0.0644. The van der Waals surface area contributed by atoms with Gasteiger partial charge in [0.1, 0.15) is 24.0 Å². The number of halogens is 2. The van der Waals surface area contributed by atoms with E-state index in [0.717, 1.165) is 10.2 Å². The van der Waals surface area contributed by atoms with E-state index >= 15 is 0 Å². The molecule has 0 aliphatic heterocycles. The number of anilines is 1. The van der Waals surface area contributed by atoms with Gasteiger partial charge in [-0.15, -0.1) is 0 Å². The number of benzene rings is 3. The van der Waals surface area contributed by atoms with Crippen molar-refractivity contribution in [2.45, 2.75) is 13.5 Å². The highest BCUT2D eigenvalue weighted by molar-refractivity contribution is 9.10. The molecule has 4 aromatic rings. The van der Waals surface area contributed by atoms with Crippen molar-refractivity contribution in [2.75, 3.05) is 19.0 Å². The number of hydrogen-bond donors (Lipinski definition) is 0. The van der Waals surface area contributed by atoms with Crippen LogP contribution in [0.1, 0.15) is 17.0 Å². The molecule has 4 rings (SSSR count). The summed E-state index contributed by atoms with van der Waals surface area (Å²) in [6.07, 6.45) is 1.55. The molecule has 1 heterocycles.